The van der Waals surface area contributed by atoms with Crippen LogP contribution in [0.2, 0.25) is 14.4 Å². The number of halogens is 3. The van der Waals surface area contributed by atoms with Crippen LogP contribution in [0.15, 0.2) is 44.8 Å². The number of benzene rings is 1. The molecule has 8 nitrogen and oxygen atoms in total. The van der Waals surface area contributed by atoms with Gasteiger partial charge in [0.2, 0.25) is 0 Å². The summed E-state index contributed by atoms with van der Waals surface area (Å²) in [6.07, 6.45) is 0. The molecule has 2 N–H and O–H groups in total. The number of hydrogen-bond donors (Lipinski definition) is 2. The van der Waals surface area contributed by atoms with E-state index in [0.717, 1.165) is 22.7 Å². The first-order chi connectivity index (χ1) is 14.5. The Balaban J connectivity index is 2.01. The van der Waals surface area contributed by atoms with Crippen molar-refractivity contribution in [2.24, 2.45) is 0 Å². The second-order valence-corrected chi connectivity index (χ2v) is 12.8. The summed E-state index contributed by atoms with van der Waals surface area (Å²) >= 11 is 20.0. The summed E-state index contributed by atoms with van der Waals surface area (Å²) in [5, 5.41) is 1.64. The van der Waals surface area contributed by atoms with Crippen molar-refractivity contribution in [3.63, 3.8) is 0 Å². The van der Waals surface area contributed by atoms with E-state index in [9.17, 15) is 16.8 Å². The quantitative estimate of drug-likeness (QED) is 0.265. The van der Waals surface area contributed by atoms with Crippen molar-refractivity contribution in [3.05, 3.63) is 55.0 Å². The van der Waals surface area contributed by atoms with Crippen LogP contribution < -0.4 is 9.44 Å². The number of sulfonamides is 2. The summed E-state index contributed by atoms with van der Waals surface area (Å²) < 4.78 is 56.2. The first kappa shape index (κ1) is 24.6. The smallest absolute Gasteiger partial charge is 0.271 e. The molecule has 0 fully saturated rings. The van der Waals surface area contributed by atoms with E-state index in [1.807, 2.05) is 0 Å². The van der Waals surface area contributed by atoms with Crippen molar-refractivity contribution >= 4 is 88.9 Å². The highest BCUT2D eigenvalue weighted by atomic mass is 35.5. The predicted molar refractivity (Wildman–Crippen MR) is 124 cm³/mol. The van der Waals surface area contributed by atoms with E-state index in [1.54, 1.807) is 11.4 Å². The number of anilines is 2. The maximum atomic E-state index is 13.0. The van der Waals surface area contributed by atoms with Gasteiger partial charge in [0.15, 0.2) is 0 Å². The molecule has 3 aromatic rings. The normalized spacial score (nSPS) is 12.1. The number of rotatable bonds is 9. The standard InChI is InChI=1S/C16H13Cl3N2O6S4/c1-26-27-8-13-14(7-15(19)29-13)30(22,23)20-11-5-9(17)10(18)6-12(11)21-31(24,25)16-3-2-4-28-16/h2-7,20-21H,8H2,1H3. The molecular formula is C16H13Cl3N2O6S4. The topological polar surface area (TPSA) is 111 Å². The molecule has 168 valence electrons. The molecule has 0 bridgehead atoms. The molecule has 0 saturated carbocycles. The van der Waals surface area contributed by atoms with Crippen LogP contribution in [0.1, 0.15) is 4.88 Å². The largest absolute Gasteiger partial charge is 0.277 e. The number of hydrogen-bond acceptors (Lipinski definition) is 8. The molecule has 0 amide bonds. The third-order valence-electron chi connectivity index (χ3n) is 3.65. The van der Waals surface area contributed by atoms with Crippen molar-refractivity contribution in [1.29, 1.82) is 0 Å². The van der Waals surface area contributed by atoms with Gasteiger partial charge in [-0.05, 0) is 29.6 Å². The minimum atomic E-state index is -4.21. The van der Waals surface area contributed by atoms with Crippen LogP contribution >= 0.6 is 57.5 Å². The zero-order valence-corrected chi connectivity index (χ0v) is 20.9. The van der Waals surface area contributed by atoms with Gasteiger partial charge in [0.25, 0.3) is 20.0 Å². The van der Waals surface area contributed by atoms with Gasteiger partial charge in [-0.2, -0.15) is 0 Å². The number of thiophene rings is 2. The fraction of sp³-hybridized carbons (Fsp3) is 0.125. The summed E-state index contributed by atoms with van der Waals surface area (Å²) in [5.74, 6) is 0. The minimum Gasteiger partial charge on any atom is -0.277 e. The van der Waals surface area contributed by atoms with Gasteiger partial charge in [-0.25, -0.2) is 26.6 Å². The highest BCUT2D eigenvalue weighted by Crippen LogP contribution is 2.37. The van der Waals surface area contributed by atoms with E-state index >= 15 is 0 Å². The second-order valence-electron chi connectivity index (χ2n) is 5.72. The summed E-state index contributed by atoms with van der Waals surface area (Å²) in [7, 11) is -6.91. The average molecular weight is 564 g/mol. The highest BCUT2D eigenvalue weighted by molar-refractivity contribution is 7.94. The van der Waals surface area contributed by atoms with E-state index in [2.05, 4.69) is 14.3 Å². The number of nitrogens with one attached hydrogen (secondary N) is 2. The zero-order valence-electron chi connectivity index (χ0n) is 15.4. The Morgan fingerprint density at radius 1 is 0.968 bits per heavy atom. The van der Waals surface area contributed by atoms with Gasteiger partial charge < -0.3 is 0 Å². The van der Waals surface area contributed by atoms with Crippen LogP contribution in [0, 0.1) is 0 Å². The lowest BCUT2D eigenvalue weighted by molar-refractivity contribution is -0.282. The van der Waals surface area contributed by atoms with Crippen LogP contribution in [-0.4, -0.2) is 23.9 Å². The maximum Gasteiger partial charge on any atom is 0.271 e. The molecule has 3 rings (SSSR count). The third-order valence-corrected chi connectivity index (χ3v) is 9.93. The summed E-state index contributed by atoms with van der Waals surface area (Å²) in [4.78, 5) is 9.46. The van der Waals surface area contributed by atoms with Crippen molar-refractivity contribution in [2.75, 3.05) is 16.6 Å². The lowest BCUT2D eigenvalue weighted by atomic mass is 10.3. The fourth-order valence-corrected chi connectivity index (χ4v) is 7.60. The molecule has 0 unspecified atom stereocenters. The highest BCUT2D eigenvalue weighted by Gasteiger charge is 2.25. The first-order valence-corrected chi connectivity index (χ1v) is 13.8. The Morgan fingerprint density at radius 3 is 2.13 bits per heavy atom. The van der Waals surface area contributed by atoms with Crippen molar-refractivity contribution in [1.82, 2.24) is 0 Å². The van der Waals surface area contributed by atoms with E-state index < -0.39 is 20.0 Å². The Kier molecular flexibility index (Phi) is 7.77. The van der Waals surface area contributed by atoms with E-state index in [-0.39, 0.29) is 46.3 Å². The minimum absolute atomic E-state index is 0.0183. The molecule has 0 radical (unpaired) electrons. The van der Waals surface area contributed by atoms with Crippen molar-refractivity contribution in [3.8, 4) is 0 Å². The zero-order chi connectivity index (χ0) is 22.8. The van der Waals surface area contributed by atoms with Crippen molar-refractivity contribution < 1.29 is 26.6 Å². The van der Waals surface area contributed by atoms with Gasteiger partial charge >= 0.3 is 0 Å². The summed E-state index contributed by atoms with van der Waals surface area (Å²) in [5.41, 5.74) is -0.238. The maximum absolute atomic E-state index is 13.0. The summed E-state index contributed by atoms with van der Waals surface area (Å²) in [6, 6.07) is 6.64. The molecule has 0 atom stereocenters. The molecule has 0 aliphatic rings. The molecule has 0 spiro atoms. The third kappa shape index (κ3) is 5.83. The fourth-order valence-electron chi connectivity index (χ4n) is 2.35. The SMILES string of the molecule is COOCc1sc(Cl)cc1S(=O)(=O)Nc1cc(Cl)c(Cl)cc1NS(=O)(=O)c1cccs1. The molecule has 1 aromatic carbocycles. The molecule has 31 heavy (non-hydrogen) atoms. The Labute approximate surface area is 201 Å². The van der Waals surface area contributed by atoms with Crippen LogP contribution in [0.4, 0.5) is 11.4 Å². The van der Waals surface area contributed by atoms with Crippen molar-refractivity contribution in [2.45, 2.75) is 15.7 Å². The van der Waals surface area contributed by atoms with Crippen LogP contribution in [0.5, 0.6) is 0 Å². The molecular weight excluding hydrogens is 551 g/mol. The molecule has 0 aliphatic heterocycles. The lowest BCUT2D eigenvalue weighted by Crippen LogP contribution is -2.17. The second kappa shape index (κ2) is 9.81. The summed E-state index contributed by atoms with van der Waals surface area (Å²) in [6.45, 7) is -0.163. The molecule has 2 aromatic heterocycles. The van der Waals surface area contributed by atoms with E-state index in [1.165, 1.54) is 31.4 Å². The predicted octanol–water partition coefficient (Wildman–Crippen LogP) is 5.45. The Hall–Kier alpha value is -1.09. The van der Waals surface area contributed by atoms with Gasteiger partial charge in [-0.3, -0.25) is 9.44 Å². The Morgan fingerprint density at radius 2 is 1.58 bits per heavy atom. The molecule has 0 saturated heterocycles. The van der Waals surface area contributed by atoms with Gasteiger partial charge in [-0.15, -0.1) is 22.7 Å². The van der Waals surface area contributed by atoms with Gasteiger partial charge in [0.1, 0.15) is 15.7 Å². The van der Waals surface area contributed by atoms with Gasteiger partial charge in [0.05, 0.1) is 37.7 Å². The monoisotopic (exact) mass is 562 g/mol. The van der Waals surface area contributed by atoms with E-state index in [0.29, 0.717) is 0 Å². The van der Waals surface area contributed by atoms with Crippen LogP contribution in [0.3, 0.4) is 0 Å². The Bertz CT molecular complexity index is 1290. The van der Waals surface area contributed by atoms with Crippen LogP contribution in [-0.2, 0) is 36.4 Å². The molecule has 15 heteroatoms. The molecule has 0 aliphatic carbocycles. The van der Waals surface area contributed by atoms with E-state index in [4.69, 9.17) is 39.7 Å². The average Bonchev–Trinajstić information content (AvgIpc) is 3.34. The van der Waals surface area contributed by atoms with Crippen LogP contribution in [0.25, 0.3) is 0 Å². The van der Waals surface area contributed by atoms with Gasteiger partial charge in [0, 0.05) is 0 Å². The molecule has 2 heterocycles. The van der Waals surface area contributed by atoms with Gasteiger partial charge in [-0.1, -0.05) is 40.9 Å². The first-order valence-electron chi connectivity index (χ1n) is 8.05. The lowest BCUT2D eigenvalue weighted by Gasteiger charge is -2.15.